The molecule has 0 spiro atoms. The van der Waals surface area contributed by atoms with E-state index < -0.39 is 5.54 Å². The van der Waals surface area contributed by atoms with Gasteiger partial charge in [0.1, 0.15) is 0 Å². The molecule has 102 valence electrons. The minimum absolute atomic E-state index is 0.0512. The summed E-state index contributed by atoms with van der Waals surface area (Å²) in [5, 5.41) is 9.06. The van der Waals surface area contributed by atoms with Gasteiger partial charge in [0.15, 0.2) is 11.5 Å². The fraction of sp³-hybridized carbons (Fsp3) is 0.571. The molecule has 1 aromatic carbocycles. The molecule has 0 aliphatic carbocycles. The van der Waals surface area contributed by atoms with Crippen LogP contribution in [0.1, 0.15) is 26.7 Å². The van der Waals surface area contributed by atoms with Crippen molar-refractivity contribution < 1.29 is 14.6 Å². The molecule has 0 aliphatic rings. The third kappa shape index (κ3) is 4.94. The molecular formula is C14H23NO3. The molecule has 4 heteroatoms. The summed E-state index contributed by atoms with van der Waals surface area (Å²) < 4.78 is 11.2. The Morgan fingerprint density at radius 1 is 1.17 bits per heavy atom. The number of para-hydroxylation sites is 2. The molecule has 18 heavy (non-hydrogen) atoms. The van der Waals surface area contributed by atoms with Crippen molar-refractivity contribution in [3.63, 3.8) is 0 Å². The average molecular weight is 253 g/mol. The Morgan fingerprint density at radius 2 is 1.72 bits per heavy atom. The second-order valence-corrected chi connectivity index (χ2v) is 4.71. The molecule has 1 aromatic rings. The first-order valence-electron chi connectivity index (χ1n) is 6.33. The van der Waals surface area contributed by atoms with E-state index in [1.54, 1.807) is 6.92 Å². The first-order valence-corrected chi connectivity index (χ1v) is 6.33. The van der Waals surface area contributed by atoms with Gasteiger partial charge in [-0.05, 0) is 25.5 Å². The SMILES string of the molecule is CCCOc1ccccc1OCCC(C)(N)CO. The highest BCUT2D eigenvalue weighted by Crippen LogP contribution is 2.26. The van der Waals surface area contributed by atoms with Crippen molar-refractivity contribution in [2.45, 2.75) is 32.2 Å². The van der Waals surface area contributed by atoms with Crippen LogP contribution >= 0.6 is 0 Å². The smallest absolute Gasteiger partial charge is 0.161 e. The molecule has 1 atom stereocenters. The Bertz CT molecular complexity index is 353. The zero-order chi connectivity index (χ0) is 13.4. The summed E-state index contributed by atoms with van der Waals surface area (Å²) in [4.78, 5) is 0. The highest BCUT2D eigenvalue weighted by molar-refractivity contribution is 5.39. The van der Waals surface area contributed by atoms with E-state index in [1.165, 1.54) is 0 Å². The lowest BCUT2D eigenvalue weighted by atomic mass is 10.0. The fourth-order valence-electron chi connectivity index (χ4n) is 1.37. The molecular weight excluding hydrogens is 230 g/mol. The number of hydrogen-bond donors (Lipinski definition) is 2. The van der Waals surface area contributed by atoms with Crippen molar-refractivity contribution in [3.05, 3.63) is 24.3 Å². The van der Waals surface area contributed by atoms with Gasteiger partial charge in [-0.3, -0.25) is 0 Å². The van der Waals surface area contributed by atoms with Crippen molar-refractivity contribution in [1.29, 1.82) is 0 Å². The molecule has 1 rings (SSSR count). The topological polar surface area (TPSA) is 64.7 Å². The fourth-order valence-corrected chi connectivity index (χ4v) is 1.37. The van der Waals surface area contributed by atoms with Gasteiger partial charge < -0.3 is 20.3 Å². The quantitative estimate of drug-likeness (QED) is 0.743. The van der Waals surface area contributed by atoms with Crippen LogP contribution in [0.3, 0.4) is 0 Å². The molecule has 0 saturated heterocycles. The number of rotatable bonds is 8. The summed E-state index contributed by atoms with van der Waals surface area (Å²) >= 11 is 0. The second kappa shape index (κ2) is 7.24. The van der Waals surface area contributed by atoms with Gasteiger partial charge in [0, 0.05) is 12.0 Å². The molecule has 1 unspecified atom stereocenters. The van der Waals surface area contributed by atoms with E-state index in [2.05, 4.69) is 6.92 Å². The summed E-state index contributed by atoms with van der Waals surface area (Å²) in [6.07, 6.45) is 1.55. The zero-order valence-electron chi connectivity index (χ0n) is 11.2. The second-order valence-electron chi connectivity index (χ2n) is 4.71. The molecule has 0 amide bonds. The molecule has 4 nitrogen and oxygen atoms in total. The number of aliphatic hydroxyl groups excluding tert-OH is 1. The summed E-state index contributed by atoms with van der Waals surface area (Å²) in [5.41, 5.74) is 5.24. The number of nitrogens with two attached hydrogens (primary N) is 1. The van der Waals surface area contributed by atoms with E-state index in [0.29, 0.717) is 19.6 Å². The minimum Gasteiger partial charge on any atom is -0.490 e. The maximum absolute atomic E-state index is 9.06. The lowest BCUT2D eigenvalue weighted by Gasteiger charge is -2.21. The maximum atomic E-state index is 9.06. The predicted octanol–water partition coefficient (Wildman–Crippen LogP) is 1.95. The van der Waals surface area contributed by atoms with Gasteiger partial charge in [-0.25, -0.2) is 0 Å². The van der Waals surface area contributed by atoms with Crippen molar-refractivity contribution in [1.82, 2.24) is 0 Å². The van der Waals surface area contributed by atoms with Crippen LogP contribution in [0.2, 0.25) is 0 Å². The Morgan fingerprint density at radius 3 is 2.22 bits per heavy atom. The van der Waals surface area contributed by atoms with Gasteiger partial charge in [-0.2, -0.15) is 0 Å². The summed E-state index contributed by atoms with van der Waals surface area (Å²) in [6, 6.07) is 7.58. The van der Waals surface area contributed by atoms with Crippen molar-refractivity contribution >= 4 is 0 Å². The van der Waals surface area contributed by atoms with Gasteiger partial charge >= 0.3 is 0 Å². The van der Waals surface area contributed by atoms with E-state index in [-0.39, 0.29) is 6.61 Å². The normalized spacial score (nSPS) is 14.0. The number of aliphatic hydroxyl groups is 1. The molecule has 0 saturated carbocycles. The van der Waals surface area contributed by atoms with Crippen LogP contribution in [0.5, 0.6) is 11.5 Å². The number of ether oxygens (including phenoxy) is 2. The van der Waals surface area contributed by atoms with Crippen molar-refractivity contribution in [2.24, 2.45) is 5.73 Å². The summed E-state index contributed by atoms with van der Waals surface area (Å²) in [7, 11) is 0. The minimum atomic E-state index is -0.598. The van der Waals surface area contributed by atoms with Gasteiger partial charge in [0.25, 0.3) is 0 Å². The van der Waals surface area contributed by atoms with Crippen LogP contribution in [0.4, 0.5) is 0 Å². The van der Waals surface area contributed by atoms with Crippen LogP contribution in [-0.2, 0) is 0 Å². The van der Waals surface area contributed by atoms with Gasteiger partial charge in [-0.1, -0.05) is 19.1 Å². The largest absolute Gasteiger partial charge is 0.490 e. The van der Waals surface area contributed by atoms with Crippen LogP contribution in [0.15, 0.2) is 24.3 Å². The van der Waals surface area contributed by atoms with Crippen LogP contribution in [-0.4, -0.2) is 30.5 Å². The van der Waals surface area contributed by atoms with E-state index in [1.807, 2.05) is 24.3 Å². The first kappa shape index (κ1) is 14.8. The Hall–Kier alpha value is -1.26. The van der Waals surface area contributed by atoms with E-state index >= 15 is 0 Å². The van der Waals surface area contributed by atoms with Gasteiger partial charge in [0.05, 0.1) is 19.8 Å². The molecule has 0 heterocycles. The predicted molar refractivity (Wildman–Crippen MR) is 72.0 cm³/mol. The Balaban J connectivity index is 2.51. The van der Waals surface area contributed by atoms with Gasteiger partial charge in [-0.15, -0.1) is 0 Å². The van der Waals surface area contributed by atoms with E-state index in [4.69, 9.17) is 20.3 Å². The molecule has 0 aliphatic heterocycles. The number of hydrogen-bond acceptors (Lipinski definition) is 4. The standard InChI is InChI=1S/C14H23NO3/c1-3-9-17-12-6-4-5-7-13(12)18-10-8-14(2,15)11-16/h4-7,16H,3,8-11,15H2,1-2H3. The lowest BCUT2D eigenvalue weighted by molar-refractivity contribution is 0.172. The maximum Gasteiger partial charge on any atom is 0.161 e. The Labute approximate surface area is 109 Å². The third-order valence-electron chi connectivity index (χ3n) is 2.60. The molecule has 0 fully saturated rings. The monoisotopic (exact) mass is 253 g/mol. The molecule has 3 N–H and O–H groups in total. The Kier molecular flexibility index (Phi) is 5.95. The first-order chi connectivity index (χ1) is 8.59. The zero-order valence-corrected chi connectivity index (χ0v) is 11.2. The lowest BCUT2D eigenvalue weighted by Crippen LogP contribution is -2.41. The highest BCUT2D eigenvalue weighted by Gasteiger charge is 2.17. The molecule has 0 radical (unpaired) electrons. The van der Waals surface area contributed by atoms with Gasteiger partial charge in [0.2, 0.25) is 0 Å². The summed E-state index contributed by atoms with van der Waals surface area (Å²) in [5.74, 6) is 1.47. The van der Waals surface area contributed by atoms with Crippen molar-refractivity contribution in [2.75, 3.05) is 19.8 Å². The third-order valence-corrected chi connectivity index (χ3v) is 2.60. The highest BCUT2D eigenvalue weighted by atomic mass is 16.5. The molecule has 0 bridgehead atoms. The van der Waals surface area contributed by atoms with E-state index in [9.17, 15) is 0 Å². The molecule has 0 aromatic heterocycles. The summed E-state index contributed by atoms with van der Waals surface area (Å²) in [6.45, 7) is 4.94. The van der Waals surface area contributed by atoms with Crippen LogP contribution in [0.25, 0.3) is 0 Å². The van der Waals surface area contributed by atoms with Crippen LogP contribution in [0, 0.1) is 0 Å². The van der Waals surface area contributed by atoms with Crippen molar-refractivity contribution in [3.8, 4) is 11.5 Å². The van der Waals surface area contributed by atoms with Crippen LogP contribution < -0.4 is 15.2 Å². The average Bonchev–Trinajstić information content (AvgIpc) is 2.37. The number of benzene rings is 1. The van der Waals surface area contributed by atoms with E-state index in [0.717, 1.165) is 17.9 Å².